The molecular formula is C23H19ClN2. The fourth-order valence-electron chi connectivity index (χ4n) is 3.12. The maximum Gasteiger partial charge on any atom is 0.0928 e. The molecule has 0 saturated heterocycles. The van der Waals surface area contributed by atoms with Crippen LogP contribution >= 0.6 is 11.6 Å². The third-order valence-corrected chi connectivity index (χ3v) is 5.08. The fraction of sp³-hybridized carbons (Fsp3) is 0.130. The van der Waals surface area contributed by atoms with Gasteiger partial charge in [0.2, 0.25) is 0 Å². The Kier molecular flexibility index (Phi) is 4.44. The topological polar surface area (TPSA) is 25.8 Å². The summed E-state index contributed by atoms with van der Waals surface area (Å²) in [7, 11) is 0. The van der Waals surface area contributed by atoms with Crippen LogP contribution in [-0.2, 0) is 6.42 Å². The average Bonchev–Trinajstić information content (AvgIpc) is 2.65. The minimum atomic E-state index is 0.653. The van der Waals surface area contributed by atoms with Crippen LogP contribution in [0, 0.1) is 13.8 Å². The van der Waals surface area contributed by atoms with Crippen molar-refractivity contribution >= 4 is 22.6 Å². The highest BCUT2D eigenvalue weighted by atomic mass is 35.5. The predicted molar refractivity (Wildman–Crippen MR) is 109 cm³/mol. The Balaban J connectivity index is 1.93. The van der Waals surface area contributed by atoms with Crippen molar-refractivity contribution in [3.05, 3.63) is 94.1 Å². The van der Waals surface area contributed by atoms with Crippen molar-refractivity contribution in [1.82, 2.24) is 9.97 Å². The molecule has 0 atom stereocenters. The van der Waals surface area contributed by atoms with Gasteiger partial charge in [-0.3, -0.25) is 0 Å². The second-order valence-corrected chi connectivity index (χ2v) is 6.99. The van der Waals surface area contributed by atoms with Gasteiger partial charge >= 0.3 is 0 Å². The third-order valence-electron chi connectivity index (χ3n) is 4.71. The summed E-state index contributed by atoms with van der Waals surface area (Å²) in [5, 5.41) is 0.758. The number of hydrogen-bond donors (Lipinski definition) is 0. The van der Waals surface area contributed by atoms with Gasteiger partial charge in [-0.2, -0.15) is 0 Å². The van der Waals surface area contributed by atoms with Crippen LogP contribution in [0.2, 0.25) is 5.02 Å². The Bertz CT molecular complexity index is 1090. The van der Waals surface area contributed by atoms with Crippen LogP contribution in [0.5, 0.6) is 0 Å². The summed E-state index contributed by atoms with van der Waals surface area (Å²) in [6.45, 7) is 4.21. The van der Waals surface area contributed by atoms with E-state index in [-0.39, 0.29) is 0 Å². The molecule has 3 aromatic carbocycles. The minimum Gasteiger partial charge on any atom is -0.249 e. The molecule has 0 bridgehead atoms. The summed E-state index contributed by atoms with van der Waals surface area (Å²) < 4.78 is 0. The Labute approximate surface area is 158 Å². The zero-order valence-electron chi connectivity index (χ0n) is 14.8. The number of nitrogens with zero attached hydrogens (tertiary/aromatic N) is 2. The van der Waals surface area contributed by atoms with Crippen LogP contribution in [0.3, 0.4) is 0 Å². The lowest BCUT2D eigenvalue weighted by atomic mass is 10.0. The van der Waals surface area contributed by atoms with Gasteiger partial charge in [0.1, 0.15) is 0 Å². The van der Waals surface area contributed by atoms with Gasteiger partial charge in [0.05, 0.1) is 22.4 Å². The van der Waals surface area contributed by atoms with E-state index in [1.54, 1.807) is 0 Å². The van der Waals surface area contributed by atoms with E-state index >= 15 is 0 Å². The van der Waals surface area contributed by atoms with Crippen LogP contribution < -0.4 is 0 Å². The first kappa shape index (κ1) is 16.7. The molecule has 0 fully saturated rings. The fourth-order valence-corrected chi connectivity index (χ4v) is 3.32. The van der Waals surface area contributed by atoms with Crippen molar-refractivity contribution in [3.63, 3.8) is 0 Å². The first-order chi connectivity index (χ1) is 12.6. The van der Waals surface area contributed by atoms with Crippen molar-refractivity contribution in [2.24, 2.45) is 0 Å². The van der Waals surface area contributed by atoms with E-state index in [0.717, 1.165) is 38.6 Å². The molecule has 0 aliphatic carbocycles. The largest absolute Gasteiger partial charge is 0.249 e. The predicted octanol–water partition coefficient (Wildman–Crippen LogP) is 6.16. The Morgan fingerprint density at radius 3 is 2.08 bits per heavy atom. The van der Waals surface area contributed by atoms with Gasteiger partial charge in [-0.05, 0) is 48.7 Å². The van der Waals surface area contributed by atoms with E-state index in [0.29, 0.717) is 6.42 Å². The van der Waals surface area contributed by atoms with E-state index in [1.807, 2.05) is 42.5 Å². The summed E-state index contributed by atoms with van der Waals surface area (Å²) in [5.41, 5.74) is 8.30. The second kappa shape index (κ2) is 6.89. The highest BCUT2D eigenvalue weighted by molar-refractivity contribution is 6.31. The van der Waals surface area contributed by atoms with Gasteiger partial charge < -0.3 is 0 Å². The molecule has 1 heterocycles. The third kappa shape index (κ3) is 3.21. The van der Waals surface area contributed by atoms with E-state index in [9.17, 15) is 0 Å². The van der Waals surface area contributed by atoms with Crippen molar-refractivity contribution in [2.45, 2.75) is 20.3 Å². The molecule has 1 aromatic heterocycles. The van der Waals surface area contributed by atoms with Gasteiger partial charge in [0.25, 0.3) is 0 Å². The Hall–Kier alpha value is -2.71. The summed E-state index contributed by atoms with van der Waals surface area (Å²) in [6.07, 6.45) is 0.653. The standard InChI is InChI=1S/C23H19ClN2/c1-15-12-20-21(13-16(15)2)26-23(17-8-4-3-5-9-17)22(25-20)14-18-10-6-7-11-19(18)24/h3-13H,14H2,1-2H3. The van der Waals surface area contributed by atoms with Crippen molar-refractivity contribution in [2.75, 3.05) is 0 Å². The van der Waals surface area contributed by atoms with Crippen LogP contribution in [0.25, 0.3) is 22.3 Å². The number of aryl methyl sites for hydroxylation is 2. The highest BCUT2D eigenvalue weighted by Crippen LogP contribution is 2.28. The minimum absolute atomic E-state index is 0.653. The van der Waals surface area contributed by atoms with Gasteiger partial charge in [-0.15, -0.1) is 0 Å². The molecule has 4 rings (SSSR count). The molecule has 0 saturated carbocycles. The normalized spacial score (nSPS) is 11.0. The molecule has 3 heteroatoms. The summed E-state index contributed by atoms with van der Waals surface area (Å²) in [5.74, 6) is 0. The molecule has 2 nitrogen and oxygen atoms in total. The maximum absolute atomic E-state index is 6.39. The smallest absolute Gasteiger partial charge is 0.0928 e. The molecule has 26 heavy (non-hydrogen) atoms. The molecule has 0 aliphatic heterocycles. The van der Waals surface area contributed by atoms with Crippen LogP contribution in [-0.4, -0.2) is 9.97 Å². The Morgan fingerprint density at radius 1 is 0.769 bits per heavy atom. The van der Waals surface area contributed by atoms with E-state index in [2.05, 4.69) is 38.1 Å². The van der Waals surface area contributed by atoms with Crippen LogP contribution in [0.4, 0.5) is 0 Å². The number of halogens is 1. The number of aromatic nitrogens is 2. The maximum atomic E-state index is 6.39. The van der Waals surface area contributed by atoms with Gasteiger partial charge in [0, 0.05) is 17.0 Å². The lowest BCUT2D eigenvalue weighted by Gasteiger charge is -2.12. The number of rotatable bonds is 3. The summed E-state index contributed by atoms with van der Waals surface area (Å²) in [4.78, 5) is 9.94. The summed E-state index contributed by atoms with van der Waals surface area (Å²) in [6, 6.07) is 22.4. The SMILES string of the molecule is Cc1cc2nc(Cc3ccccc3Cl)c(-c3ccccc3)nc2cc1C. The van der Waals surface area contributed by atoms with E-state index in [1.165, 1.54) is 11.1 Å². The van der Waals surface area contributed by atoms with Gasteiger partial charge in [-0.25, -0.2) is 9.97 Å². The number of fused-ring (bicyclic) bond motifs is 1. The molecular weight excluding hydrogens is 340 g/mol. The molecule has 0 N–H and O–H groups in total. The highest BCUT2D eigenvalue weighted by Gasteiger charge is 2.13. The van der Waals surface area contributed by atoms with E-state index in [4.69, 9.17) is 21.6 Å². The van der Waals surface area contributed by atoms with E-state index < -0.39 is 0 Å². The lowest BCUT2D eigenvalue weighted by Crippen LogP contribution is -2.01. The van der Waals surface area contributed by atoms with Crippen molar-refractivity contribution in [3.8, 4) is 11.3 Å². The lowest BCUT2D eigenvalue weighted by molar-refractivity contribution is 1.07. The molecule has 0 spiro atoms. The summed E-state index contributed by atoms with van der Waals surface area (Å²) >= 11 is 6.39. The average molecular weight is 359 g/mol. The van der Waals surface area contributed by atoms with Gasteiger partial charge in [0.15, 0.2) is 0 Å². The molecule has 0 amide bonds. The first-order valence-corrected chi connectivity index (χ1v) is 9.06. The molecule has 4 aromatic rings. The number of hydrogen-bond acceptors (Lipinski definition) is 2. The molecule has 0 aliphatic rings. The van der Waals surface area contributed by atoms with Gasteiger partial charge in [-0.1, -0.05) is 60.1 Å². The van der Waals surface area contributed by atoms with Crippen molar-refractivity contribution in [1.29, 1.82) is 0 Å². The second-order valence-electron chi connectivity index (χ2n) is 6.58. The Morgan fingerprint density at radius 2 is 1.38 bits per heavy atom. The number of benzene rings is 3. The first-order valence-electron chi connectivity index (χ1n) is 8.68. The zero-order valence-corrected chi connectivity index (χ0v) is 15.6. The van der Waals surface area contributed by atoms with Crippen molar-refractivity contribution < 1.29 is 0 Å². The monoisotopic (exact) mass is 358 g/mol. The molecule has 0 unspecified atom stereocenters. The molecule has 0 radical (unpaired) electrons. The zero-order chi connectivity index (χ0) is 18.1. The van der Waals surface area contributed by atoms with Crippen LogP contribution in [0.1, 0.15) is 22.4 Å². The molecule has 128 valence electrons. The quantitative estimate of drug-likeness (QED) is 0.438. The van der Waals surface area contributed by atoms with Crippen LogP contribution in [0.15, 0.2) is 66.7 Å².